The topological polar surface area (TPSA) is 3.24 Å². The lowest BCUT2D eigenvalue weighted by atomic mass is 10.2. The Bertz CT molecular complexity index is 102. The fourth-order valence-corrected chi connectivity index (χ4v) is 2.47. The Morgan fingerprint density at radius 2 is 1.79 bits per heavy atom. The summed E-state index contributed by atoms with van der Waals surface area (Å²) in [4.78, 5) is 2.26. The van der Waals surface area contributed by atoms with Gasteiger partial charge in [0.15, 0.2) is 0 Å². The van der Waals surface area contributed by atoms with E-state index in [4.69, 9.17) is 0 Å². The third-order valence-electron chi connectivity index (χ3n) is 2.00. The van der Waals surface area contributed by atoms with E-state index in [0.29, 0.717) is 5.25 Å². The van der Waals surface area contributed by atoms with Crippen molar-refractivity contribution in [1.82, 2.24) is 4.90 Å². The summed E-state index contributed by atoms with van der Waals surface area (Å²) < 4.78 is 0. The van der Waals surface area contributed by atoms with Gasteiger partial charge >= 0.3 is 0 Å². The van der Waals surface area contributed by atoms with Crippen molar-refractivity contribution in [3.63, 3.8) is 0 Å². The molecule has 3 heteroatoms. The van der Waals surface area contributed by atoms with Gasteiger partial charge in [0.25, 0.3) is 0 Å². The first-order valence-electron chi connectivity index (χ1n) is 5.53. The number of hydrogen-bond acceptors (Lipinski definition) is 3. The Hall–Kier alpha value is 0.660. The van der Waals surface area contributed by atoms with E-state index in [1.807, 2.05) is 11.8 Å². The Kier molecular flexibility index (Phi) is 10.7. The van der Waals surface area contributed by atoms with E-state index in [9.17, 15) is 0 Å². The third-order valence-corrected chi connectivity index (χ3v) is 3.75. The molecule has 0 aromatic heterocycles. The first-order valence-corrected chi connectivity index (χ1v) is 7.20. The molecule has 0 aliphatic rings. The molecule has 14 heavy (non-hydrogen) atoms. The number of rotatable bonds is 9. The minimum Gasteiger partial charge on any atom is -0.309 e. The van der Waals surface area contributed by atoms with Crippen molar-refractivity contribution in [3.05, 3.63) is 0 Å². The van der Waals surface area contributed by atoms with Crippen LogP contribution >= 0.6 is 24.4 Å². The van der Waals surface area contributed by atoms with Crippen LogP contribution in [0.5, 0.6) is 0 Å². The summed E-state index contributed by atoms with van der Waals surface area (Å²) in [5, 5.41) is 0.550. The van der Waals surface area contributed by atoms with Crippen molar-refractivity contribution in [2.24, 2.45) is 0 Å². The van der Waals surface area contributed by atoms with Crippen molar-refractivity contribution >= 4 is 24.4 Å². The molecular weight excluding hydrogens is 210 g/mol. The standard InChI is InChI=1S/C11H25NS2/c1-11(13)10-14-9-7-5-4-6-8-12(2)3/h11,13H,4-10H2,1-3H3. The van der Waals surface area contributed by atoms with Crippen molar-refractivity contribution in [2.75, 3.05) is 32.1 Å². The van der Waals surface area contributed by atoms with E-state index in [-0.39, 0.29) is 0 Å². The molecular formula is C11H25NS2. The summed E-state index contributed by atoms with van der Waals surface area (Å²) in [5.74, 6) is 2.51. The summed E-state index contributed by atoms with van der Waals surface area (Å²) in [6.45, 7) is 3.40. The van der Waals surface area contributed by atoms with E-state index >= 15 is 0 Å². The van der Waals surface area contributed by atoms with E-state index in [0.717, 1.165) is 0 Å². The van der Waals surface area contributed by atoms with Crippen LogP contribution in [0.25, 0.3) is 0 Å². The molecule has 86 valence electrons. The van der Waals surface area contributed by atoms with Crippen molar-refractivity contribution < 1.29 is 0 Å². The second-order valence-electron chi connectivity index (χ2n) is 4.14. The number of hydrogen-bond donors (Lipinski definition) is 1. The van der Waals surface area contributed by atoms with Crippen LogP contribution in [0.1, 0.15) is 32.6 Å². The van der Waals surface area contributed by atoms with Gasteiger partial charge in [-0.2, -0.15) is 24.4 Å². The van der Waals surface area contributed by atoms with Gasteiger partial charge in [0.2, 0.25) is 0 Å². The molecule has 1 atom stereocenters. The van der Waals surface area contributed by atoms with E-state index in [1.165, 1.54) is 43.7 Å². The van der Waals surface area contributed by atoms with Crippen LogP contribution in [0.15, 0.2) is 0 Å². The molecule has 0 aromatic rings. The molecule has 0 bridgehead atoms. The quantitative estimate of drug-likeness (QED) is 0.483. The maximum Gasteiger partial charge on any atom is 0.00791 e. The molecule has 1 unspecified atom stereocenters. The normalized spacial score (nSPS) is 13.5. The summed E-state index contributed by atoms with van der Waals surface area (Å²) in [5.41, 5.74) is 0. The summed E-state index contributed by atoms with van der Waals surface area (Å²) >= 11 is 6.39. The lowest BCUT2D eigenvalue weighted by molar-refractivity contribution is 0.391. The maximum atomic E-state index is 4.35. The van der Waals surface area contributed by atoms with Gasteiger partial charge in [0.05, 0.1) is 0 Å². The summed E-state index contributed by atoms with van der Waals surface area (Å²) in [6.07, 6.45) is 5.50. The number of thiol groups is 1. The van der Waals surface area contributed by atoms with Crippen molar-refractivity contribution in [2.45, 2.75) is 37.9 Å². The highest BCUT2D eigenvalue weighted by molar-refractivity contribution is 8.00. The van der Waals surface area contributed by atoms with E-state index < -0.39 is 0 Å². The zero-order valence-corrected chi connectivity index (χ0v) is 11.5. The summed E-state index contributed by atoms with van der Waals surface area (Å²) in [7, 11) is 4.29. The highest BCUT2D eigenvalue weighted by Gasteiger charge is 1.95. The van der Waals surface area contributed by atoms with Gasteiger partial charge < -0.3 is 4.90 Å². The first kappa shape index (κ1) is 14.7. The Morgan fingerprint density at radius 3 is 2.36 bits per heavy atom. The molecule has 0 fully saturated rings. The van der Waals surface area contributed by atoms with Crippen LogP contribution in [0.3, 0.4) is 0 Å². The zero-order chi connectivity index (χ0) is 10.8. The van der Waals surface area contributed by atoms with Gasteiger partial charge in [0, 0.05) is 11.0 Å². The fraction of sp³-hybridized carbons (Fsp3) is 1.00. The van der Waals surface area contributed by atoms with Crippen LogP contribution in [0.2, 0.25) is 0 Å². The second-order valence-corrected chi connectivity index (χ2v) is 6.17. The lowest BCUT2D eigenvalue weighted by Gasteiger charge is -2.08. The fourth-order valence-electron chi connectivity index (χ4n) is 1.24. The van der Waals surface area contributed by atoms with Crippen LogP contribution in [0, 0.1) is 0 Å². The zero-order valence-electron chi connectivity index (χ0n) is 9.83. The van der Waals surface area contributed by atoms with Gasteiger partial charge in [-0.05, 0) is 39.2 Å². The average Bonchev–Trinajstić information content (AvgIpc) is 2.08. The van der Waals surface area contributed by atoms with Gasteiger partial charge in [-0.1, -0.05) is 19.8 Å². The van der Waals surface area contributed by atoms with Crippen molar-refractivity contribution in [3.8, 4) is 0 Å². The smallest absolute Gasteiger partial charge is 0.00791 e. The first-order chi connectivity index (χ1) is 6.63. The molecule has 0 radical (unpaired) electrons. The number of nitrogens with zero attached hydrogens (tertiary/aromatic N) is 1. The predicted molar refractivity (Wildman–Crippen MR) is 72.8 cm³/mol. The Balaban J connectivity index is 2.92. The second kappa shape index (κ2) is 10.2. The molecule has 0 aliphatic heterocycles. The molecule has 0 rings (SSSR count). The average molecular weight is 235 g/mol. The van der Waals surface area contributed by atoms with Gasteiger partial charge in [-0.15, -0.1) is 0 Å². The highest BCUT2D eigenvalue weighted by Crippen LogP contribution is 2.11. The Morgan fingerprint density at radius 1 is 1.14 bits per heavy atom. The minimum absolute atomic E-state index is 0.550. The van der Waals surface area contributed by atoms with Crippen molar-refractivity contribution in [1.29, 1.82) is 0 Å². The van der Waals surface area contributed by atoms with E-state index in [1.54, 1.807) is 0 Å². The highest BCUT2D eigenvalue weighted by atomic mass is 32.2. The van der Waals surface area contributed by atoms with E-state index in [2.05, 4.69) is 38.5 Å². The molecule has 0 heterocycles. The molecule has 0 aromatic carbocycles. The largest absolute Gasteiger partial charge is 0.309 e. The van der Waals surface area contributed by atoms with Gasteiger partial charge in [0.1, 0.15) is 0 Å². The molecule has 0 aliphatic carbocycles. The molecule has 0 amide bonds. The Labute approximate surface area is 99.4 Å². The predicted octanol–water partition coefficient (Wildman–Crippen LogP) is 3.16. The SMILES string of the molecule is CC(S)CSCCCCCCN(C)C. The van der Waals surface area contributed by atoms with Crippen LogP contribution in [-0.2, 0) is 0 Å². The maximum absolute atomic E-state index is 4.35. The molecule has 0 saturated heterocycles. The summed E-state index contributed by atoms with van der Waals surface area (Å²) in [6, 6.07) is 0. The van der Waals surface area contributed by atoms with Crippen LogP contribution < -0.4 is 0 Å². The number of thioether (sulfide) groups is 1. The molecule has 1 nitrogen and oxygen atoms in total. The number of unbranched alkanes of at least 4 members (excludes halogenated alkanes) is 3. The molecule has 0 spiro atoms. The van der Waals surface area contributed by atoms with Gasteiger partial charge in [-0.3, -0.25) is 0 Å². The minimum atomic E-state index is 0.550. The van der Waals surface area contributed by atoms with Crippen LogP contribution in [0.4, 0.5) is 0 Å². The third kappa shape index (κ3) is 12.7. The molecule has 0 N–H and O–H groups in total. The monoisotopic (exact) mass is 235 g/mol. The van der Waals surface area contributed by atoms with Gasteiger partial charge in [-0.25, -0.2) is 0 Å². The lowest BCUT2D eigenvalue weighted by Crippen LogP contribution is -2.12. The van der Waals surface area contributed by atoms with Crippen LogP contribution in [-0.4, -0.2) is 42.3 Å². The molecule has 0 saturated carbocycles.